The highest BCUT2D eigenvalue weighted by atomic mass is 32.1. The molecule has 2 heteroatoms. The minimum absolute atomic E-state index is 0.971. The third-order valence-corrected chi connectivity index (χ3v) is 4.54. The zero-order valence-corrected chi connectivity index (χ0v) is 11.6. The molecule has 2 heterocycles. The molecule has 2 fully saturated rings. The molecule has 17 heavy (non-hydrogen) atoms. The van der Waals surface area contributed by atoms with Gasteiger partial charge in [-0.1, -0.05) is 37.8 Å². The van der Waals surface area contributed by atoms with Gasteiger partial charge >= 0.3 is 0 Å². The van der Waals surface area contributed by atoms with E-state index in [2.05, 4.69) is 4.90 Å². The van der Waals surface area contributed by atoms with Crippen LogP contribution in [0.25, 0.3) is 0 Å². The van der Waals surface area contributed by atoms with Crippen molar-refractivity contribution in [2.75, 3.05) is 13.1 Å². The molecular formula is C15H25NS. The molecule has 0 unspecified atom stereocenters. The Labute approximate surface area is 110 Å². The zero-order chi connectivity index (χ0) is 11.8. The van der Waals surface area contributed by atoms with E-state index in [1.165, 1.54) is 64.5 Å². The van der Waals surface area contributed by atoms with Crippen LogP contribution in [0.2, 0.25) is 0 Å². The van der Waals surface area contributed by atoms with Gasteiger partial charge in [0.1, 0.15) is 0 Å². The maximum absolute atomic E-state index is 2.75. The Morgan fingerprint density at radius 2 is 1.35 bits per heavy atom. The molecule has 0 bridgehead atoms. The summed E-state index contributed by atoms with van der Waals surface area (Å²) in [5.74, 6) is 0. The number of likely N-dealkylation sites (tertiary alicyclic amines) is 1. The molecule has 1 aliphatic heterocycles. The zero-order valence-electron chi connectivity index (χ0n) is 10.8. The van der Waals surface area contributed by atoms with E-state index in [1.807, 2.05) is 22.9 Å². The van der Waals surface area contributed by atoms with Gasteiger partial charge in [0.05, 0.1) is 0 Å². The second-order valence-corrected chi connectivity index (χ2v) is 6.00. The quantitative estimate of drug-likeness (QED) is 0.707. The monoisotopic (exact) mass is 251 g/mol. The summed E-state index contributed by atoms with van der Waals surface area (Å²) in [6.45, 7) is 2.79. The SMILES string of the molecule is C1CCC(N2CCCCC2)CC1.c1ccsc1. The molecule has 1 aliphatic carbocycles. The molecule has 1 aromatic rings. The Morgan fingerprint density at radius 1 is 0.765 bits per heavy atom. The largest absolute Gasteiger partial charge is 0.300 e. The Kier molecular flexibility index (Phi) is 6.08. The van der Waals surface area contributed by atoms with Crippen molar-refractivity contribution in [2.24, 2.45) is 0 Å². The Balaban J connectivity index is 0.000000181. The lowest BCUT2D eigenvalue weighted by molar-refractivity contribution is 0.131. The summed E-state index contributed by atoms with van der Waals surface area (Å²) in [4.78, 5) is 2.75. The molecule has 1 saturated carbocycles. The molecule has 1 saturated heterocycles. The van der Waals surface area contributed by atoms with Gasteiger partial charge in [-0.15, -0.1) is 0 Å². The van der Waals surface area contributed by atoms with Crippen molar-refractivity contribution in [3.8, 4) is 0 Å². The first kappa shape index (κ1) is 13.1. The molecule has 0 spiro atoms. The molecule has 3 rings (SSSR count). The smallest absolute Gasteiger partial charge is 0.00952 e. The lowest BCUT2D eigenvalue weighted by Gasteiger charge is -2.36. The van der Waals surface area contributed by atoms with Gasteiger partial charge in [-0.25, -0.2) is 0 Å². The van der Waals surface area contributed by atoms with Crippen molar-refractivity contribution < 1.29 is 0 Å². The molecule has 96 valence electrons. The van der Waals surface area contributed by atoms with Crippen LogP contribution in [0.3, 0.4) is 0 Å². The van der Waals surface area contributed by atoms with Crippen molar-refractivity contribution in [1.82, 2.24) is 4.90 Å². The van der Waals surface area contributed by atoms with Crippen LogP contribution in [0.1, 0.15) is 51.4 Å². The standard InChI is InChI=1S/C11H21N.C4H4S/c1-3-7-11(8-4-1)12-9-5-2-6-10-12;1-2-4-5-3-1/h11H,1-10H2;1-4H. The van der Waals surface area contributed by atoms with E-state index in [9.17, 15) is 0 Å². The van der Waals surface area contributed by atoms with Crippen molar-refractivity contribution >= 4 is 11.3 Å². The van der Waals surface area contributed by atoms with Gasteiger partial charge < -0.3 is 4.90 Å². The van der Waals surface area contributed by atoms with E-state index in [4.69, 9.17) is 0 Å². The van der Waals surface area contributed by atoms with Crippen LogP contribution in [-0.2, 0) is 0 Å². The van der Waals surface area contributed by atoms with Crippen LogP contribution >= 0.6 is 11.3 Å². The van der Waals surface area contributed by atoms with Crippen LogP contribution in [0.4, 0.5) is 0 Å². The van der Waals surface area contributed by atoms with E-state index < -0.39 is 0 Å². The highest BCUT2D eigenvalue weighted by Gasteiger charge is 2.21. The second-order valence-electron chi connectivity index (χ2n) is 5.18. The first-order valence-corrected chi connectivity index (χ1v) is 8.12. The molecular weight excluding hydrogens is 226 g/mol. The van der Waals surface area contributed by atoms with Gasteiger partial charge in [0.2, 0.25) is 0 Å². The van der Waals surface area contributed by atoms with Gasteiger partial charge in [0, 0.05) is 6.04 Å². The lowest BCUT2D eigenvalue weighted by Crippen LogP contribution is -2.40. The summed E-state index contributed by atoms with van der Waals surface area (Å²) >= 11 is 1.71. The van der Waals surface area contributed by atoms with Crippen LogP contribution < -0.4 is 0 Å². The van der Waals surface area contributed by atoms with Crippen molar-refractivity contribution in [1.29, 1.82) is 0 Å². The van der Waals surface area contributed by atoms with E-state index in [-0.39, 0.29) is 0 Å². The van der Waals surface area contributed by atoms with E-state index >= 15 is 0 Å². The number of thiophene rings is 1. The Bertz CT molecular complexity index is 225. The average Bonchev–Trinajstić information content (AvgIpc) is 3.00. The van der Waals surface area contributed by atoms with Crippen LogP contribution in [-0.4, -0.2) is 24.0 Å². The minimum atomic E-state index is 0.971. The van der Waals surface area contributed by atoms with Crippen molar-refractivity contribution in [3.63, 3.8) is 0 Å². The van der Waals surface area contributed by atoms with E-state index in [0.29, 0.717) is 0 Å². The Hall–Kier alpha value is -0.340. The number of hydrogen-bond donors (Lipinski definition) is 0. The number of hydrogen-bond acceptors (Lipinski definition) is 2. The van der Waals surface area contributed by atoms with Gasteiger partial charge in [0.15, 0.2) is 0 Å². The van der Waals surface area contributed by atoms with Crippen molar-refractivity contribution in [3.05, 3.63) is 22.9 Å². The molecule has 1 aromatic heterocycles. The normalized spacial score (nSPS) is 22.8. The highest BCUT2D eigenvalue weighted by Crippen LogP contribution is 2.24. The van der Waals surface area contributed by atoms with E-state index in [1.54, 1.807) is 11.3 Å². The molecule has 2 aliphatic rings. The molecule has 0 atom stereocenters. The van der Waals surface area contributed by atoms with Gasteiger partial charge in [-0.3, -0.25) is 0 Å². The predicted octanol–water partition coefficient (Wildman–Crippen LogP) is 4.55. The maximum atomic E-state index is 2.75. The van der Waals surface area contributed by atoms with Crippen LogP contribution in [0.5, 0.6) is 0 Å². The van der Waals surface area contributed by atoms with Crippen molar-refractivity contribution in [2.45, 2.75) is 57.4 Å². The number of piperidine rings is 1. The predicted molar refractivity (Wildman–Crippen MR) is 76.6 cm³/mol. The molecule has 1 nitrogen and oxygen atoms in total. The minimum Gasteiger partial charge on any atom is -0.300 e. The topological polar surface area (TPSA) is 3.24 Å². The van der Waals surface area contributed by atoms with E-state index in [0.717, 1.165) is 6.04 Å². The summed E-state index contributed by atoms with van der Waals surface area (Å²) in [5.41, 5.74) is 0. The summed E-state index contributed by atoms with van der Waals surface area (Å²) in [6, 6.07) is 5.01. The second kappa shape index (κ2) is 7.88. The fourth-order valence-electron chi connectivity index (χ4n) is 2.96. The first-order valence-electron chi connectivity index (χ1n) is 7.18. The maximum Gasteiger partial charge on any atom is 0.00952 e. The molecule has 0 N–H and O–H groups in total. The van der Waals surface area contributed by atoms with Crippen LogP contribution in [0.15, 0.2) is 22.9 Å². The summed E-state index contributed by atoms with van der Waals surface area (Å²) in [5, 5.41) is 4.08. The van der Waals surface area contributed by atoms with Gasteiger partial charge in [0.25, 0.3) is 0 Å². The molecule has 0 aromatic carbocycles. The van der Waals surface area contributed by atoms with Crippen LogP contribution in [0, 0.1) is 0 Å². The van der Waals surface area contributed by atoms with Gasteiger partial charge in [-0.05, 0) is 49.5 Å². The molecule has 0 amide bonds. The summed E-state index contributed by atoms with van der Waals surface area (Å²) < 4.78 is 0. The number of rotatable bonds is 1. The van der Waals surface area contributed by atoms with Gasteiger partial charge in [-0.2, -0.15) is 11.3 Å². The highest BCUT2D eigenvalue weighted by molar-refractivity contribution is 7.07. The summed E-state index contributed by atoms with van der Waals surface area (Å²) in [6.07, 6.45) is 11.8. The average molecular weight is 251 g/mol. The lowest BCUT2D eigenvalue weighted by atomic mass is 9.93. The summed E-state index contributed by atoms with van der Waals surface area (Å²) in [7, 11) is 0. The fraction of sp³-hybridized carbons (Fsp3) is 0.733. The Morgan fingerprint density at radius 3 is 1.88 bits per heavy atom. The first-order chi connectivity index (χ1) is 8.47. The third kappa shape index (κ3) is 4.81. The third-order valence-electron chi connectivity index (χ3n) is 3.91. The fourth-order valence-corrected chi connectivity index (χ4v) is 3.41. The number of nitrogens with zero attached hydrogens (tertiary/aromatic N) is 1. The molecule has 0 radical (unpaired) electrons.